The Balaban J connectivity index is 1.74. The van der Waals surface area contributed by atoms with Crippen LogP contribution in [0.15, 0.2) is 42.7 Å². The molecule has 0 atom stereocenters. The van der Waals surface area contributed by atoms with Gasteiger partial charge in [-0.3, -0.25) is 14.6 Å². The zero-order valence-corrected chi connectivity index (χ0v) is 13.2. The molecule has 118 valence electrons. The molecule has 5 nitrogen and oxygen atoms in total. The van der Waals surface area contributed by atoms with E-state index in [1.807, 2.05) is 12.1 Å². The number of pyridine rings is 1. The highest BCUT2D eigenvalue weighted by Gasteiger charge is 2.24. The second-order valence-electron chi connectivity index (χ2n) is 5.36. The average Bonchev–Trinajstić information content (AvgIpc) is 3.00. The van der Waals surface area contributed by atoms with Crippen molar-refractivity contribution in [3.63, 3.8) is 0 Å². The summed E-state index contributed by atoms with van der Waals surface area (Å²) >= 11 is 6.19. The predicted molar refractivity (Wildman–Crippen MR) is 88.4 cm³/mol. The highest BCUT2D eigenvalue weighted by molar-refractivity contribution is 6.34. The van der Waals surface area contributed by atoms with E-state index in [2.05, 4.69) is 10.3 Å². The van der Waals surface area contributed by atoms with Crippen molar-refractivity contribution in [2.24, 2.45) is 0 Å². The summed E-state index contributed by atoms with van der Waals surface area (Å²) in [6, 6.07) is 8.70. The second-order valence-corrected chi connectivity index (χ2v) is 5.77. The van der Waals surface area contributed by atoms with E-state index in [1.54, 1.807) is 35.5 Å². The number of carbonyl (C=O) groups is 2. The number of carbonyl (C=O) groups excluding carboxylic acids is 2. The summed E-state index contributed by atoms with van der Waals surface area (Å²) in [6.07, 6.45) is 4.72. The number of nitrogens with one attached hydrogen (secondary N) is 1. The third-order valence-corrected chi connectivity index (χ3v) is 4.07. The van der Waals surface area contributed by atoms with Gasteiger partial charge in [-0.2, -0.15) is 0 Å². The van der Waals surface area contributed by atoms with Gasteiger partial charge in [-0.15, -0.1) is 0 Å². The first-order chi connectivity index (χ1) is 11.1. The van der Waals surface area contributed by atoms with Crippen LogP contribution in [0, 0.1) is 0 Å². The Hall–Kier alpha value is -2.40. The van der Waals surface area contributed by atoms with Crippen molar-refractivity contribution < 1.29 is 9.59 Å². The smallest absolute Gasteiger partial charge is 0.251 e. The zero-order chi connectivity index (χ0) is 16.2. The molecule has 2 heterocycles. The molecule has 1 aromatic carbocycles. The van der Waals surface area contributed by atoms with Gasteiger partial charge in [0.25, 0.3) is 5.91 Å². The van der Waals surface area contributed by atoms with Crippen molar-refractivity contribution in [3.05, 3.63) is 58.9 Å². The van der Waals surface area contributed by atoms with Gasteiger partial charge in [-0.05, 0) is 36.2 Å². The van der Waals surface area contributed by atoms with Gasteiger partial charge in [0.2, 0.25) is 5.91 Å². The van der Waals surface area contributed by atoms with Gasteiger partial charge in [-0.25, -0.2) is 0 Å². The number of halogens is 1. The molecule has 0 saturated carbocycles. The molecule has 0 aliphatic carbocycles. The topological polar surface area (TPSA) is 62.3 Å². The predicted octanol–water partition coefficient (Wildman–Crippen LogP) is 2.79. The molecule has 3 rings (SSSR count). The van der Waals surface area contributed by atoms with Crippen molar-refractivity contribution in [2.45, 2.75) is 19.4 Å². The maximum Gasteiger partial charge on any atom is 0.251 e. The van der Waals surface area contributed by atoms with Crippen molar-refractivity contribution in [1.82, 2.24) is 10.3 Å². The van der Waals surface area contributed by atoms with E-state index in [4.69, 9.17) is 11.6 Å². The van der Waals surface area contributed by atoms with Crippen molar-refractivity contribution in [1.29, 1.82) is 0 Å². The van der Waals surface area contributed by atoms with Gasteiger partial charge >= 0.3 is 0 Å². The third-order valence-electron chi connectivity index (χ3n) is 3.75. The van der Waals surface area contributed by atoms with Gasteiger partial charge in [0, 0.05) is 37.5 Å². The van der Waals surface area contributed by atoms with Crippen LogP contribution in [0.1, 0.15) is 28.8 Å². The van der Waals surface area contributed by atoms with Crippen molar-refractivity contribution in [3.8, 4) is 0 Å². The van der Waals surface area contributed by atoms with Gasteiger partial charge in [0.1, 0.15) is 0 Å². The lowest BCUT2D eigenvalue weighted by Gasteiger charge is -2.18. The largest absolute Gasteiger partial charge is 0.348 e. The maximum atomic E-state index is 12.3. The molecular formula is C17H16ClN3O2. The lowest BCUT2D eigenvalue weighted by molar-refractivity contribution is -0.117. The monoisotopic (exact) mass is 329 g/mol. The Morgan fingerprint density at radius 2 is 2.22 bits per heavy atom. The van der Waals surface area contributed by atoms with Crippen LogP contribution in [0.25, 0.3) is 0 Å². The van der Waals surface area contributed by atoms with E-state index < -0.39 is 0 Å². The van der Waals surface area contributed by atoms with Gasteiger partial charge in [0.15, 0.2) is 0 Å². The Morgan fingerprint density at radius 1 is 1.35 bits per heavy atom. The molecule has 1 aromatic heterocycles. The fourth-order valence-corrected chi connectivity index (χ4v) is 2.77. The molecule has 2 amide bonds. The molecule has 1 N–H and O–H groups in total. The highest BCUT2D eigenvalue weighted by Crippen LogP contribution is 2.30. The maximum absolute atomic E-state index is 12.3. The Morgan fingerprint density at radius 3 is 2.91 bits per heavy atom. The standard InChI is InChI=1S/C17H16ClN3O2/c18-14-6-5-13(9-15(14)21-8-2-4-16(21)22)17(23)20-11-12-3-1-7-19-10-12/h1,3,5-7,9-10H,2,4,8,11H2,(H,20,23). The van der Waals surface area contributed by atoms with Gasteiger partial charge < -0.3 is 10.2 Å². The molecule has 23 heavy (non-hydrogen) atoms. The van der Waals surface area contributed by atoms with Crippen LogP contribution in [0.4, 0.5) is 5.69 Å². The highest BCUT2D eigenvalue weighted by atomic mass is 35.5. The van der Waals surface area contributed by atoms with E-state index in [1.165, 1.54) is 0 Å². The summed E-state index contributed by atoms with van der Waals surface area (Å²) in [5.41, 5.74) is 2.00. The number of amides is 2. The number of hydrogen-bond donors (Lipinski definition) is 1. The number of benzene rings is 1. The van der Waals surface area contributed by atoms with Crippen LogP contribution < -0.4 is 10.2 Å². The Bertz CT molecular complexity index is 734. The molecule has 0 bridgehead atoms. The molecule has 1 aliphatic rings. The van der Waals surface area contributed by atoms with Crippen LogP contribution in [-0.4, -0.2) is 23.3 Å². The lowest BCUT2D eigenvalue weighted by atomic mass is 10.1. The van der Waals surface area contributed by atoms with Crippen LogP contribution in [0.3, 0.4) is 0 Å². The van der Waals surface area contributed by atoms with Gasteiger partial charge in [-0.1, -0.05) is 17.7 Å². The van der Waals surface area contributed by atoms with E-state index in [-0.39, 0.29) is 11.8 Å². The fourth-order valence-electron chi connectivity index (χ4n) is 2.55. The Labute approximate surface area is 139 Å². The van der Waals surface area contributed by atoms with E-state index in [0.717, 1.165) is 12.0 Å². The minimum absolute atomic E-state index is 0.0415. The molecule has 6 heteroatoms. The second kappa shape index (κ2) is 6.79. The number of aromatic nitrogens is 1. The molecule has 2 aromatic rings. The molecule has 1 aliphatic heterocycles. The number of nitrogens with zero attached hydrogens (tertiary/aromatic N) is 2. The van der Waals surface area contributed by atoms with Crippen LogP contribution in [0.5, 0.6) is 0 Å². The van der Waals surface area contributed by atoms with Crippen molar-refractivity contribution >= 4 is 29.1 Å². The fraction of sp³-hybridized carbons (Fsp3) is 0.235. The first kappa shape index (κ1) is 15.5. The summed E-state index contributed by atoms with van der Waals surface area (Å²) in [6.45, 7) is 1.03. The summed E-state index contributed by atoms with van der Waals surface area (Å²) < 4.78 is 0. The minimum Gasteiger partial charge on any atom is -0.348 e. The van der Waals surface area contributed by atoms with Crippen molar-refractivity contribution in [2.75, 3.05) is 11.4 Å². The van der Waals surface area contributed by atoms with Crippen LogP contribution in [0.2, 0.25) is 5.02 Å². The third kappa shape index (κ3) is 3.51. The summed E-state index contributed by atoms with van der Waals surface area (Å²) in [4.78, 5) is 29.8. The molecule has 0 unspecified atom stereocenters. The van der Waals surface area contributed by atoms with E-state index in [0.29, 0.717) is 35.8 Å². The number of anilines is 1. The quantitative estimate of drug-likeness (QED) is 0.938. The number of rotatable bonds is 4. The van der Waals surface area contributed by atoms with E-state index in [9.17, 15) is 9.59 Å². The minimum atomic E-state index is -0.210. The zero-order valence-electron chi connectivity index (χ0n) is 12.5. The molecule has 1 fully saturated rings. The molecular weight excluding hydrogens is 314 g/mol. The molecule has 1 saturated heterocycles. The first-order valence-electron chi connectivity index (χ1n) is 7.42. The normalized spacial score (nSPS) is 14.1. The summed E-state index contributed by atoms with van der Waals surface area (Å²) in [7, 11) is 0. The van der Waals surface area contributed by atoms with Gasteiger partial charge in [0.05, 0.1) is 10.7 Å². The number of hydrogen-bond acceptors (Lipinski definition) is 3. The summed E-state index contributed by atoms with van der Waals surface area (Å²) in [5.74, 6) is -0.168. The SMILES string of the molecule is O=C(NCc1cccnc1)c1ccc(Cl)c(N2CCCC2=O)c1. The van der Waals surface area contributed by atoms with E-state index >= 15 is 0 Å². The summed E-state index contributed by atoms with van der Waals surface area (Å²) in [5, 5.41) is 3.31. The molecule has 0 radical (unpaired) electrons. The first-order valence-corrected chi connectivity index (χ1v) is 7.80. The average molecular weight is 330 g/mol. The van der Waals surface area contributed by atoms with Crippen LogP contribution in [-0.2, 0) is 11.3 Å². The molecule has 0 spiro atoms. The van der Waals surface area contributed by atoms with Crippen LogP contribution >= 0.6 is 11.6 Å². The lowest BCUT2D eigenvalue weighted by Crippen LogP contribution is -2.26. The Kier molecular flexibility index (Phi) is 4.57.